The van der Waals surface area contributed by atoms with E-state index in [9.17, 15) is 4.79 Å². The molecular weight excluding hydrogens is 172 g/mol. The van der Waals surface area contributed by atoms with Crippen molar-refractivity contribution in [2.75, 3.05) is 0 Å². The SMILES string of the molecule is O=c1[nH]c(-c2ccc(O)cc2)no1. The van der Waals surface area contributed by atoms with E-state index in [2.05, 4.69) is 14.7 Å². The van der Waals surface area contributed by atoms with Crippen molar-refractivity contribution in [3.8, 4) is 17.1 Å². The molecule has 0 saturated heterocycles. The van der Waals surface area contributed by atoms with Gasteiger partial charge in [-0.3, -0.25) is 9.51 Å². The fourth-order valence-electron chi connectivity index (χ4n) is 0.974. The second-order valence-corrected chi connectivity index (χ2v) is 2.49. The van der Waals surface area contributed by atoms with Gasteiger partial charge in [0.15, 0.2) is 5.82 Å². The van der Waals surface area contributed by atoms with E-state index in [1.54, 1.807) is 12.1 Å². The van der Waals surface area contributed by atoms with Gasteiger partial charge in [-0.25, -0.2) is 4.79 Å². The van der Waals surface area contributed by atoms with Crippen molar-refractivity contribution in [2.24, 2.45) is 0 Å². The van der Waals surface area contributed by atoms with Gasteiger partial charge in [0.05, 0.1) is 0 Å². The molecule has 0 amide bonds. The van der Waals surface area contributed by atoms with E-state index >= 15 is 0 Å². The van der Waals surface area contributed by atoms with Gasteiger partial charge in [-0.05, 0) is 24.3 Å². The summed E-state index contributed by atoms with van der Waals surface area (Å²) < 4.78 is 4.33. The van der Waals surface area contributed by atoms with E-state index < -0.39 is 5.76 Å². The van der Waals surface area contributed by atoms with E-state index in [-0.39, 0.29) is 5.75 Å². The van der Waals surface area contributed by atoms with Crippen molar-refractivity contribution >= 4 is 0 Å². The fraction of sp³-hybridized carbons (Fsp3) is 0. The van der Waals surface area contributed by atoms with Gasteiger partial charge in [-0.1, -0.05) is 5.16 Å². The van der Waals surface area contributed by atoms with Crippen LogP contribution in [0.3, 0.4) is 0 Å². The molecule has 0 unspecified atom stereocenters. The molecule has 13 heavy (non-hydrogen) atoms. The lowest BCUT2D eigenvalue weighted by molar-refractivity contribution is 0.388. The minimum atomic E-state index is -0.594. The third kappa shape index (κ3) is 1.44. The van der Waals surface area contributed by atoms with Gasteiger partial charge in [-0.15, -0.1) is 0 Å². The summed E-state index contributed by atoms with van der Waals surface area (Å²) in [6.07, 6.45) is 0. The van der Waals surface area contributed by atoms with Crippen LogP contribution in [-0.2, 0) is 0 Å². The Labute approximate surface area is 72.6 Å². The molecule has 5 nitrogen and oxygen atoms in total. The van der Waals surface area contributed by atoms with Gasteiger partial charge in [0, 0.05) is 5.56 Å². The molecule has 5 heteroatoms. The van der Waals surface area contributed by atoms with Crippen molar-refractivity contribution in [3.05, 3.63) is 34.8 Å². The van der Waals surface area contributed by atoms with Gasteiger partial charge < -0.3 is 5.11 Å². The lowest BCUT2D eigenvalue weighted by atomic mass is 10.2. The molecule has 0 spiro atoms. The number of hydrogen-bond donors (Lipinski definition) is 2. The number of benzene rings is 1. The summed E-state index contributed by atoms with van der Waals surface area (Å²) in [7, 11) is 0. The first-order chi connectivity index (χ1) is 6.25. The standard InChI is InChI=1S/C8H6N2O3/c11-6-3-1-5(2-4-6)7-9-8(12)13-10-7/h1-4,11H,(H,9,10,12). The van der Waals surface area contributed by atoms with Crippen molar-refractivity contribution in [2.45, 2.75) is 0 Å². The predicted octanol–water partition coefficient (Wildman–Crippen LogP) is 0.736. The highest BCUT2D eigenvalue weighted by molar-refractivity contribution is 5.54. The van der Waals surface area contributed by atoms with Crippen LogP contribution in [0.1, 0.15) is 0 Å². The van der Waals surface area contributed by atoms with Gasteiger partial charge in [0.1, 0.15) is 5.75 Å². The molecule has 1 aromatic heterocycles. The minimum Gasteiger partial charge on any atom is -0.508 e. The molecule has 0 aliphatic rings. The zero-order valence-electron chi connectivity index (χ0n) is 6.52. The highest BCUT2D eigenvalue weighted by Crippen LogP contribution is 2.16. The van der Waals surface area contributed by atoms with Crippen LogP contribution in [-0.4, -0.2) is 15.2 Å². The predicted molar refractivity (Wildman–Crippen MR) is 44.2 cm³/mol. The summed E-state index contributed by atoms with van der Waals surface area (Å²) in [6.45, 7) is 0. The maximum Gasteiger partial charge on any atom is 0.439 e. The number of aromatic amines is 1. The molecule has 66 valence electrons. The van der Waals surface area contributed by atoms with Crippen molar-refractivity contribution in [1.29, 1.82) is 0 Å². The number of aromatic hydroxyl groups is 1. The van der Waals surface area contributed by atoms with E-state index in [1.807, 2.05) is 0 Å². The first kappa shape index (κ1) is 7.60. The van der Waals surface area contributed by atoms with Gasteiger partial charge >= 0.3 is 5.76 Å². The van der Waals surface area contributed by atoms with Crippen LogP contribution in [0.15, 0.2) is 33.6 Å². The summed E-state index contributed by atoms with van der Waals surface area (Å²) in [4.78, 5) is 13.0. The van der Waals surface area contributed by atoms with E-state index in [0.717, 1.165) is 0 Å². The molecule has 2 N–H and O–H groups in total. The maximum absolute atomic E-state index is 10.6. The number of phenols is 1. The topological polar surface area (TPSA) is 79.1 Å². The average Bonchev–Trinajstić information content (AvgIpc) is 2.53. The first-order valence-corrected chi connectivity index (χ1v) is 3.61. The van der Waals surface area contributed by atoms with Crippen LogP contribution < -0.4 is 5.76 Å². The first-order valence-electron chi connectivity index (χ1n) is 3.61. The Hall–Kier alpha value is -2.04. The van der Waals surface area contributed by atoms with Crippen LogP contribution >= 0.6 is 0 Å². The second kappa shape index (κ2) is 2.78. The van der Waals surface area contributed by atoms with Gasteiger partial charge in [-0.2, -0.15) is 0 Å². The van der Waals surface area contributed by atoms with Crippen molar-refractivity contribution in [1.82, 2.24) is 10.1 Å². The normalized spacial score (nSPS) is 10.2. The summed E-state index contributed by atoms with van der Waals surface area (Å²) in [6, 6.07) is 6.26. The minimum absolute atomic E-state index is 0.162. The summed E-state index contributed by atoms with van der Waals surface area (Å²) in [5.41, 5.74) is 0.684. The number of phenolic OH excluding ortho intramolecular Hbond substituents is 1. The molecule has 2 aromatic rings. The number of hydrogen-bond acceptors (Lipinski definition) is 4. The molecule has 0 atom stereocenters. The largest absolute Gasteiger partial charge is 0.508 e. The molecule has 1 aromatic carbocycles. The second-order valence-electron chi connectivity index (χ2n) is 2.49. The monoisotopic (exact) mass is 178 g/mol. The van der Waals surface area contributed by atoms with Crippen LogP contribution in [0.2, 0.25) is 0 Å². The zero-order valence-corrected chi connectivity index (χ0v) is 6.52. The zero-order chi connectivity index (χ0) is 9.26. The van der Waals surface area contributed by atoms with Crippen LogP contribution in [0.4, 0.5) is 0 Å². The van der Waals surface area contributed by atoms with Crippen molar-refractivity contribution in [3.63, 3.8) is 0 Å². The highest BCUT2D eigenvalue weighted by Gasteiger charge is 2.02. The Morgan fingerprint density at radius 1 is 1.31 bits per heavy atom. The number of aromatic nitrogens is 2. The Morgan fingerprint density at radius 2 is 2.00 bits per heavy atom. The third-order valence-corrected chi connectivity index (χ3v) is 1.58. The Balaban J connectivity index is 2.47. The molecule has 0 aliphatic carbocycles. The smallest absolute Gasteiger partial charge is 0.439 e. The molecular formula is C8H6N2O3. The number of nitrogens with one attached hydrogen (secondary N) is 1. The molecule has 0 radical (unpaired) electrons. The molecule has 2 rings (SSSR count). The van der Waals surface area contributed by atoms with Crippen LogP contribution in [0.25, 0.3) is 11.4 Å². The van der Waals surface area contributed by atoms with Crippen LogP contribution in [0.5, 0.6) is 5.75 Å². The highest BCUT2D eigenvalue weighted by atomic mass is 16.5. The van der Waals surface area contributed by atoms with Gasteiger partial charge in [0.25, 0.3) is 0 Å². The molecule has 1 heterocycles. The van der Waals surface area contributed by atoms with E-state index in [0.29, 0.717) is 11.4 Å². The molecule has 0 fully saturated rings. The molecule has 0 bridgehead atoms. The van der Waals surface area contributed by atoms with Gasteiger partial charge in [0.2, 0.25) is 0 Å². The quantitative estimate of drug-likeness (QED) is 0.674. The maximum atomic E-state index is 10.6. The molecule has 0 aliphatic heterocycles. The molecule has 0 saturated carbocycles. The average molecular weight is 178 g/mol. The summed E-state index contributed by atoms with van der Waals surface area (Å²) in [5.74, 6) is -0.0809. The summed E-state index contributed by atoms with van der Waals surface area (Å²) >= 11 is 0. The van der Waals surface area contributed by atoms with Crippen molar-refractivity contribution < 1.29 is 9.63 Å². The lowest BCUT2D eigenvalue weighted by Gasteiger charge is -1.93. The lowest BCUT2D eigenvalue weighted by Crippen LogP contribution is -1.94. The number of nitrogens with zero attached hydrogens (tertiary/aromatic N) is 1. The Kier molecular flexibility index (Phi) is 1.63. The Bertz CT molecular complexity index is 455. The number of H-pyrrole nitrogens is 1. The van der Waals surface area contributed by atoms with E-state index in [4.69, 9.17) is 5.11 Å². The fourth-order valence-corrected chi connectivity index (χ4v) is 0.974. The third-order valence-electron chi connectivity index (χ3n) is 1.58. The number of rotatable bonds is 1. The van der Waals surface area contributed by atoms with E-state index in [1.165, 1.54) is 12.1 Å². The Morgan fingerprint density at radius 3 is 2.54 bits per heavy atom. The summed E-state index contributed by atoms with van der Waals surface area (Å²) in [5, 5.41) is 12.5. The van der Waals surface area contributed by atoms with Crippen LogP contribution in [0, 0.1) is 0 Å².